The Labute approximate surface area is 228 Å². The second kappa shape index (κ2) is 8.91. The Morgan fingerprint density at radius 2 is 1.81 bits per heavy atom. The van der Waals surface area contributed by atoms with Crippen molar-refractivity contribution in [2.45, 2.75) is 75.9 Å². The van der Waals surface area contributed by atoms with Crippen LogP contribution in [0.15, 0.2) is 22.2 Å². The third-order valence-corrected chi connectivity index (χ3v) is 11.5. The van der Waals surface area contributed by atoms with Crippen LogP contribution in [0.1, 0.15) is 53.9 Å². The molecule has 0 bridgehead atoms. The summed E-state index contributed by atoms with van der Waals surface area (Å²) in [5.41, 5.74) is -3.37. The smallest absolute Gasteiger partial charge is 0.303 e. The molecular weight excluding hydrogens is 578 g/mol. The van der Waals surface area contributed by atoms with Gasteiger partial charge in [-0.3, -0.25) is 19.2 Å². The van der Waals surface area contributed by atoms with Crippen LogP contribution in [0.4, 0.5) is 4.39 Å². The van der Waals surface area contributed by atoms with Crippen LogP contribution in [0.3, 0.4) is 0 Å². The van der Waals surface area contributed by atoms with Gasteiger partial charge in [0.25, 0.3) is 0 Å². The van der Waals surface area contributed by atoms with E-state index >= 15 is 4.39 Å². The number of hydrogen-bond acceptors (Lipinski definition) is 6. The van der Waals surface area contributed by atoms with Crippen LogP contribution in [-0.4, -0.2) is 52.1 Å². The van der Waals surface area contributed by atoms with E-state index in [0.29, 0.717) is 16.5 Å². The predicted octanol–water partition coefficient (Wildman–Crippen LogP) is 5.22. The quantitative estimate of drug-likeness (QED) is 0.322. The van der Waals surface area contributed by atoms with E-state index in [2.05, 4.69) is 15.9 Å². The van der Waals surface area contributed by atoms with Crippen molar-refractivity contribution in [2.24, 2.45) is 28.6 Å². The maximum atomic E-state index is 15.8. The van der Waals surface area contributed by atoms with E-state index in [1.165, 1.54) is 19.9 Å². The fraction of sp³-hybridized carbons (Fsp3) is 0.692. The highest BCUT2D eigenvalue weighted by Crippen LogP contribution is 2.73. The summed E-state index contributed by atoms with van der Waals surface area (Å²) in [5.74, 6) is -3.41. The molecule has 0 aromatic heterocycles. The van der Waals surface area contributed by atoms with Gasteiger partial charge in [0, 0.05) is 30.6 Å². The number of rotatable bonds is 4. The topological polar surface area (TPSA) is 86.7 Å². The number of ketones is 2. The van der Waals surface area contributed by atoms with E-state index in [1.807, 2.05) is 13.8 Å². The molecular formula is C26H30BrCl2FO6. The highest BCUT2D eigenvalue weighted by molar-refractivity contribution is 9.12. The normalized spacial score (nSPS) is 45.5. The van der Waals surface area contributed by atoms with Crippen molar-refractivity contribution >= 4 is 62.6 Å². The molecule has 3 fully saturated rings. The van der Waals surface area contributed by atoms with Gasteiger partial charge in [-0.2, -0.15) is 0 Å². The zero-order valence-electron chi connectivity index (χ0n) is 20.8. The highest BCUT2D eigenvalue weighted by atomic mass is 79.9. The number of hydrogen-bond donors (Lipinski definition) is 0. The van der Waals surface area contributed by atoms with Crippen molar-refractivity contribution in [1.82, 2.24) is 0 Å². The number of carbonyl (C=O) groups is 4. The first-order valence-corrected chi connectivity index (χ1v) is 13.6. The molecule has 0 spiro atoms. The molecule has 0 heterocycles. The number of alkyl halides is 3. The second-order valence-electron chi connectivity index (χ2n) is 11.1. The molecule has 0 amide bonds. The zero-order chi connectivity index (χ0) is 27.0. The van der Waals surface area contributed by atoms with Gasteiger partial charge in [-0.1, -0.05) is 26.8 Å². The summed E-state index contributed by atoms with van der Waals surface area (Å²) in [6, 6.07) is 0. The molecule has 9 atom stereocenters. The van der Waals surface area contributed by atoms with Crippen LogP contribution in [0, 0.1) is 28.6 Å². The van der Waals surface area contributed by atoms with Gasteiger partial charge in [-0.15, -0.1) is 23.2 Å². The largest absolute Gasteiger partial charge is 0.458 e. The van der Waals surface area contributed by atoms with Crippen LogP contribution < -0.4 is 0 Å². The summed E-state index contributed by atoms with van der Waals surface area (Å²) < 4.78 is 27.0. The first-order valence-electron chi connectivity index (χ1n) is 12.0. The lowest BCUT2D eigenvalue weighted by Gasteiger charge is -2.64. The van der Waals surface area contributed by atoms with E-state index in [1.54, 1.807) is 13.0 Å². The lowest BCUT2D eigenvalue weighted by atomic mass is 9.46. The Balaban J connectivity index is 1.87. The number of allylic oxidation sites excluding steroid dienone is 4. The minimum absolute atomic E-state index is 0.0220. The molecule has 0 saturated heterocycles. The molecule has 6 nitrogen and oxygen atoms in total. The molecule has 0 radical (unpaired) electrons. The lowest BCUT2D eigenvalue weighted by Crippen LogP contribution is -2.69. The molecule has 4 aliphatic rings. The van der Waals surface area contributed by atoms with Crippen molar-refractivity contribution < 1.29 is 33.0 Å². The SMILES string of the molecule is CC(=O)OCC(=O)C1(OC(C)=O)[C@@H](C)C[C@H]2[C@@H]3C[C@@H](F)C4=CC(=O)C(Br)=C[C@]4(C)[C@@]3(Cl)[C@@H](Cl)C[C@@]21C. The first kappa shape index (κ1) is 27.8. The number of esters is 2. The van der Waals surface area contributed by atoms with Gasteiger partial charge >= 0.3 is 11.9 Å². The third-order valence-electron chi connectivity index (χ3n) is 9.31. The summed E-state index contributed by atoms with van der Waals surface area (Å²) in [5, 5.41) is -0.766. The highest BCUT2D eigenvalue weighted by Gasteiger charge is 2.77. The van der Waals surface area contributed by atoms with Gasteiger partial charge in [0.1, 0.15) is 6.17 Å². The number of Topliss-reactive ketones (excluding diaryl/α,β-unsaturated/α-hetero) is 1. The molecule has 10 heteroatoms. The minimum Gasteiger partial charge on any atom is -0.458 e. The van der Waals surface area contributed by atoms with E-state index in [4.69, 9.17) is 32.7 Å². The Kier molecular flexibility index (Phi) is 6.87. The summed E-state index contributed by atoms with van der Waals surface area (Å²) in [4.78, 5) is 48.7. The molecule has 36 heavy (non-hydrogen) atoms. The Bertz CT molecular complexity index is 1110. The van der Waals surface area contributed by atoms with Crippen LogP contribution in [0.2, 0.25) is 0 Å². The molecule has 4 aliphatic carbocycles. The molecule has 1 unspecified atom stereocenters. The Morgan fingerprint density at radius 3 is 2.39 bits per heavy atom. The number of fused-ring (bicyclic) bond motifs is 5. The fourth-order valence-electron chi connectivity index (χ4n) is 7.88. The Morgan fingerprint density at radius 1 is 1.17 bits per heavy atom. The number of ether oxygens (including phenoxy) is 2. The Hall–Kier alpha value is -1.25. The lowest BCUT2D eigenvalue weighted by molar-refractivity contribution is -0.195. The van der Waals surface area contributed by atoms with Crippen LogP contribution >= 0.6 is 39.1 Å². The van der Waals surface area contributed by atoms with Gasteiger partial charge in [-0.25, -0.2) is 4.39 Å². The third kappa shape index (κ3) is 3.53. The molecule has 0 aromatic carbocycles. The fourth-order valence-corrected chi connectivity index (χ4v) is 9.65. The van der Waals surface area contributed by atoms with Crippen molar-refractivity contribution in [3.8, 4) is 0 Å². The van der Waals surface area contributed by atoms with Gasteiger partial charge in [0.05, 0.1) is 14.7 Å². The molecule has 0 N–H and O–H groups in total. The van der Waals surface area contributed by atoms with Crippen LogP contribution in [0.5, 0.6) is 0 Å². The molecule has 0 aliphatic heterocycles. The minimum atomic E-state index is -1.62. The van der Waals surface area contributed by atoms with Gasteiger partial charge in [0.15, 0.2) is 18.0 Å². The second-order valence-corrected chi connectivity index (χ2v) is 13.1. The van der Waals surface area contributed by atoms with E-state index in [9.17, 15) is 19.2 Å². The molecule has 4 rings (SSSR count). The summed E-state index contributed by atoms with van der Waals surface area (Å²) in [6.45, 7) is 7.34. The number of halogens is 4. The van der Waals surface area contributed by atoms with Gasteiger partial charge in [0.2, 0.25) is 5.78 Å². The van der Waals surface area contributed by atoms with E-state index < -0.39 is 69.0 Å². The standard InChI is InChI=1S/C26H30BrCl2FO6/c1-12-6-15-16-7-19(30)17-8-20(33)18(27)9-23(17,4)25(16,29)21(28)10-24(15,5)26(12,36-14(3)32)22(34)11-35-13(2)31/h8-9,12,15-16,19,21H,6-7,10-11H2,1-5H3/t12-,15-,16-,19+,21-,23-,24-,25-,26?/m0/s1. The maximum absolute atomic E-state index is 15.8. The summed E-state index contributed by atoms with van der Waals surface area (Å²) >= 11 is 17.9. The predicted molar refractivity (Wildman–Crippen MR) is 136 cm³/mol. The first-order chi connectivity index (χ1) is 16.6. The average Bonchev–Trinajstić information content (AvgIpc) is 2.98. The monoisotopic (exact) mass is 606 g/mol. The summed E-state index contributed by atoms with van der Waals surface area (Å²) in [6.07, 6.45) is 2.20. The van der Waals surface area contributed by atoms with Gasteiger partial charge in [-0.05, 0) is 58.7 Å². The maximum Gasteiger partial charge on any atom is 0.303 e. The van der Waals surface area contributed by atoms with E-state index in [-0.39, 0.29) is 24.5 Å². The van der Waals surface area contributed by atoms with Crippen molar-refractivity contribution in [3.63, 3.8) is 0 Å². The molecule has 0 aromatic rings. The van der Waals surface area contributed by atoms with Gasteiger partial charge < -0.3 is 9.47 Å². The summed E-state index contributed by atoms with van der Waals surface area (Å²) in [7, 11) is 0. The molecule has 3 saturated carbocycles. The average molecular weight is 608 g/mol. The van der Waals surface area contributed by atoms with E-state index in [0.717, 1.165) is 0 Å². The number of carbonyl (C=O) groups excluding carboxylic acids is 4. The van der Waals surface area contributed by atoms with Crippen molar-refractivity contribution in [3.05, 3.63) is 22.2 Å². The van der Waals surface area contributed by atoms with Crippen LogP contribution in [0.25, 0.3) is 0 Å². The van der Waals surface area contributed by atoms with Crippen molar-refractivity contribution in [1.29, 1.82) is 0 Å². The molecule has 198 valence electrons. The zero-order valence-corrected chi connectivity index (χ0v) is 23.9. The van der Waals surface area contributed by atoms with Crippen LogP contribution in [-0.2, 0) is 28.7 Å². The van der Waals surface area contributed by atoms with Crippen molar-refractivity contribution in [2.75, 3.05) is 6.61 Å².